The number of hydrogen-bond donors (Lipinski definition) is 1. The summed E-state index contributed by atoms with van der Waals surface area (Å²) >= 11 is 0. The molecule has 0 aromatic heterocycles. The van der Waals surface area contributed by atoms with Gasteiger partial charge in [0.25, 0.3) is 0 Å². The Morgan fingerprint density at radius 2 is 2.44 bits per heavy atom. The number of likely N-dealkylation sites (N-methyl/N-ethyl adjacent to an activating group) is 1. The van der Waals surface area contributed by atoms with Crippen LogP contribution in [0.15, 0.2) is 12.7 Å². The topological polar surface area (TPSA) is 32.3 Å². The van der Waals surface area contributed by atoms with Gasteiger partial charge in [-0.25, -0.2) is 0 Å². The van der Waals surface area contributed by atoms with Crippen LogP contribution in [-0.4, -0.2) is 37.5 Å². The molecule has 1 saturated carbocycles. The molecule has 1 N–H and O–H groups in total. The quantitative estimate of drug-likeness (QED) is 0.762. The Morgan fingerprint density at radius 3 is 3.12 bits per heavy atom. The van der Waals surface area contributed by atoms with E-state index >= 15 is 0 Å². The molecule has 2 rings (SSSR count). The summed E-state index contributed by atoms with van der Waals surface area (Å²) in [6, 6.07) is 0. The van der Waals surface area contributed by atoms with E-state index in [-0.39, 0.29) is 17.8 Å². The molecule has 0 spiro atoms. The number of nitrogens with one attached hydrogen (secondary N) is 1. The second kappa shape index (κ2) is 5.19. The Morgan fingerprint density at radius 1 is 1.69 bits per heavy atom. The molecule has 0 aromatic carbocycles. The maximum Gasteiger partial charge on any atom is 0.230 e. The summed E-state index contributed by atoms with van der Waals surface area (Å²) in [6.07, 6.45) is 5.27. The molecule has 1 aliphatic carbocycles. The first-order chi connectivity index (χ1) is 7.20. The minimum Gasteiger partial charge on any atom is -0.342 e. The summed E-state index contributed by atoms with van der Waals surface area (Å²) in [7, 11) is 1.88. The van der Waals surface area contributed by atoms with Crippen LogP contribution < -0.4 is 5.32 Å². The van der Waals surface area contributed by atoms with Crippen LogP contribution in [0.4, 0.5) is 0 Å². The van der Waals surface area contributed by atoms with E-state index in [4.69, 9.17) is 0 Å². The molecule has 0 bridgehead atoms. The Labute approximate surface area is 104 Å². The summed E-state index contributed by atoms with van der Waals surface area (Å²) in [5, 5.41) is 3.37. The molecule has 0 unspecified atom stereocenters. The van der Waals surface area contributed by atoms with Crippen LogP contribution in [0.2, 0.25) is 0 Å². The molecule has 2 atom stereocenters. The number of amides is 1. The number of carbonyl (C=O) groups is 1. The molecular weight excluding hydrogens is 224 g/mol. The molecule has 0 aromatic rings. The molecule has 92 valence electrons. The first kappa shape index (κ1) is 13.5. The molecule has 1 amide bonds. The molecule has 1 heterocycles. The molecule has 2 fully saturated rings. The Balaban J connectivity index is 0.00000128. The summed E-state index contributed by atoms with van der Waals surface area (Å²) in [5.74, 6) is 0.882. The third-order valence-electron chi connectivity index (χ3n) is 3.96. The van der Waals surface area contributed by atoms with E-state index in [0.29, 0.717) is 18.4 Å². The lowest BCUT2D eigenvalue weighted by molar-refractivity contribution is -0.140. The zero-order valence-electron chi connectivity index (χ0n) is 9.87. The minimum atomic E-state index is -0.0856. The molecule has 3 nitrogen and oxygen atoms in total. The van der Waals surface area contributed by atoms with Gasteiger partial charge in [0.05, 0.1) is 5.41 Å². The highest BCUT2D eigenvalue weighted by Crippen LogP contribution is 2.46. The minimum absolute atomic E-state index is 0. The fourth-order valence-corrected chi connectivity index (χ4v) is 3.16. The SMILES string of the molecule is C=CCN(C)C(=O)[C@@]12CCC[C@@H]1CNC2.Cl. The van der Waals surface area contributed by atoms with Gasteiger partial charge < -0.3 is 10.2 Å². The fraction of sp³-hybridized carbons (Fsp3) is 0.750. The average molecular weight is 245 g/mol. The zero-order chi connectivity index (χ0) is 10.9. The lowest BCUT2D eigenvalue weighted by Gasteiger charge is -2.31. The zero-order valence-corrected chi connectivity index (χ0v) is 10.7. The summed E-state index contributed by atoms with van der Waals surface area (Å²) in [6.45, 7) is 6.24. The standard InChI is InChI=1S/C12H20N2O.ClH/c1-3-7-14(2)11(15)12-6-4-5-10(12)8-13-9-12;/h3,10,13H,1,4-9H2,2H3;1H/t10-,12-;/m1./s1. The number of halogens is 1. The predicted octanol–water partition coefficient (Wildman–Crippen LogP) is 1.44. The summed E-state index contributed by atoms with van der Waals surface area (Å²) in [5.41, 5.74) is -0.0856. The lowest BCUT2D eigenvalue weighted by atomic mass is 9.79. The van der Waals surface area contributed by atoms with Crippen molar-refractivity contribution >= 4 is 18.3 Å². The fourth-order valence-electron chi connectivity index (χ4n) is 3.16. The van der Waals surface area contributed by atoms with Crippen molar-refractivity contribution in [3.05, 3.63) is 12.7 Å². The van der Waals surface area contributed by atoms with Crippen LogP contribution in [0, 0.1) is 11.3 Å². The number of nitrogens with zero attached hydrogens (tertiary/aromatic N) is 1. The van der Waals surface area contributed by atoms with Crippen molar-refractivity contribution in [2.75, 3.05) is 26.7 Å². The van der Waals surface area contributed by atoms with Gasteiger partial charge in [-0.1, -0.05) is 12.5 Å². The van der Waals surface area contributed by atoms with Crippen molar-refractivity contribution in [3.63, 3.8) is 0 Å². The highest BCUT2D eigenvalue weighted by Gasteiger charge is 2.52. The molecule has 1 saturated heterocycles. The first-order valence-corrected chi connectivity index (χ1v) is 5.78. The van der Waals surface area contributed by atoms with Crippen LogP contribution in [-0.2, 0) is 4.79 Å². The molecule has 1 aliphatic heterocycles. The van der Waals surface area contributed by atoms with Crippen molar-refractivity contribution in [2.45, 2.75) is 19.3 Å². The normalized spacial score (nSPS) is 31.7. The van der Waals surface area contributed by atoms with Crippen molar-refractivity contribution in [3.8, 4) is 0 Å². The first-order valence-electron chi connectivity index (χ1n) is 5.78. The van der Waals surface area contributed by atoms with Crippen molar-refractivity contribution in [1.29, 1.82) is 0 Å². The van der Waals surface area contributed by atoms with Gasteiger partial charge in [-0.3, -0.25) is 4.79 Å². The van der Waals surface area contributed by atoms with Crippen LogP contribution in [0.25, 0.3) is 0 Å². The molecular formula is C12H21ClN2O. The molecule has 16 heavy (non-hydrogen) atoms. The van der Waals surface area contributed by atoms with E-state index < -0.39 is 0 Å². The largest absolute Gasteiger partial charge is 0.342 e. The highest BCUT2D eigenvalue weighted by atomic mass is 35.5. The molecule has 0 radical (unpaired) electrons. The van der Waals surface area contributed by atoms with Crippen molar-refractivity contribution < 1.29 is 4.79 Å². The van der Waals surface area contributed by atoms with E-state index in [1.165, 1.54) is 12.8 Å². The number of hydrogen-bond acceptors (Lipinski definition) is 2. The Kier molecular flexibility index (Phi) is 4.39. The van der Waals surface area contributed by atoms with Gasteiger partial charge in [-0.2, -0.15) is 0 Å². The average Bonchev–Trinajstić information content (AvgIpc) is 2.75. The van der Waals surface area contributed by atoms with Gasteiger partial charge in [0.15, 0.2) is 0 Å². The van der Waals surface area contributed by atoms with Gasteiger partial charge in [0.2, 0.25) is 5.91 Å². The third kappa shape index (κ3) is 1.98. The van der Waals surface area contributed by atoms with Gasteiger partial charge in [-0.05, 0) is 25.3 Å². The molecule has 4 heteroatoms. The van der Waals surface area contributed by atoms with Crippen LogP contribution in [0.1, 0.15) is 19.3 Å². The van der Waals surface area contributed by atoms with Gasteiger partial charge >= 0.3 is 0 Å². The summed E-state index contributed by atoms with van der Waals surface area (Å²) < 4.78 is 0. The van der Waals surface area contributed by atoms with Gasteiger partial charge in [0.1, 0.15) is 0 Å². The Bertz CT molecular complexity index is 270. The van der Waals surface area contributed by atoms with E-state index in [1.54, 1.807) is 6.08 Å². The van der Waals surface area contributed by atoms with E-state index in [0.717, 1.165) is 19.5 Å². The third-order valence-corrected chi connectivity index (χ3v) is 3.96. The maximum atomic E-state index is 12.4. The monoisotopic (exact) mass is 244 g/mol. The van der Waals surface area contributed by atoms with Gasteiger partial charge in [-0.15, -0.1) is 19.0 Å². The van der Waals surface area contributed by atoms with E-state index in [1.807, 2.05) is 11.9 Å². The van der Waals surface area contributed by atoms with E-state index in [9.17, 15) is 4.79 Å². The number of rotatable bonds is 3. The lowest BCUT2D eigenvalue weighted by Crippen LogP contribution is -2.44. The smallest absolute Gasteiger partial charge is 0.230 e. The number of carbonyl (C=O) groups excluding carboxylic acids is 1. The second-order valence-electron chi connectivity index (χ2n) is 4.85. The Hall–Kier alpha value is -0.540. The number of fused-ring (bicyclic) bond motifs is 1. The van der Waals surface area contributed by atoms with Crippen LogP contribution in [0.5, 0.6) is 0 Å². The maximum absolute atomic E-state index is 12.4. The highest BCUT2D eigenvalue weighted by molar-refractivity contribution is 5.85. The van der Waals surface area contributed by atoms with Gasteiger partial charge in [0, 0.05) is 20.1 Å². The molecule has 2 aliphatic rings. The van der Waals surface area contributed by atoms with Crippen LogP contribution >= 0.6 is 12.4 Å². The van der Waals surface area contributed by atoms with Crippen molar-refractivity contribution in [1.82, 2.24) is 10.2 Å². The predicted molar refractivity (Wildman–Crippen MR) is 67.7 cm³/mol. The van der Waals surface area contributed by atoms with E-state index in [2.05, 4.69) is 11.9 Å². The summed E-state index contributed by atoms with van der Waals surface area (Å²) in [4.78, 5) is 14.2. The van der Waals surface area contributed by atoms with Crippen LogP contribution in [0.3, 0.4) is 0 Å². The second-order valence-corrected chi connectivity index (χ2v) is 4.85. The van der Waals surface area contributed by atoms with Crippen molar-refractivity contribution in [2.24, 2.45) is 11.3 Å².